The van der Waals surface area contributed by atoms with Crippen molar-refractivity contribution in [1.29, 1.82) is 0 Å². The molecular formula is C10H24N2. The minimum Gasteiger partial charge on any atom is -0.309 e. The van der Waals surface area contributed by atoms with Gasteiger partial charge in [0.1, 0.15) is 0 Å². The summed E-state index contributed by atoms with van der Waals surface area (Å²) >= 11 is 0. The highest BCUT2D eigenvalue weighted by molar-refractivity contribution is 4.60. The van der Waals surface area contributed by atoms with Crippen molar-refractivity contribution in [1.82, 2.24) is 9.80 Å². The molecule has 1 atom stereocenters. The van der Waals surface area contributed by atoms with Gasteiger partial charge in [0.25, 0.3) is 0 Å². The first-order valence-electron chi connectivity index (χ1n) is 4.89. The van der Waals surface area contributed by atoms with Crippen molar-refractivity contribution in [2.24, 2.45) is 5.92 Å². The molecule has 0 rings (SSSR count). The molecule has 0 aliphatic carbocycles. The van der Waals surface area contributed by atoms with E-state index in [1.54, 1.807) is 0 Å². The summed E-state index contributed by atoms with van der Waals surface area (Å²) in [6.07, 6.45) is 1.26. The first-order chi connectivity index (χ1) is 5.56. The molecule has 74 valence electrons. The third kappa shape index (κ3) is 6.62. The van der Waals surface area contributed by atoms with E-state index in [4.69, 9.17) is 0 Å². The van der Waals surface area contributed by atoms with E-state index in [9.17, 15) is 0 Å². The predicted molar refractivity (Wildman–Crippen MR) is 55.5 cm³/mol. The van der Waals surface area contributed by atoms with Gasteiger partial charge in [-0.2, -0.15) is 0 Å². The third-order valence-corrected chi connectivity index (χ3v) is 1.91. The van der Waals surface area contributed by atoms with Crippen LogP contribution in [0.15, 0.2) is 0 Å². The third-order valence-electron chi connectivity index (χ3n) is 1.91. The summed E-state index contributed by atoms with van der Waals surface area (Å²) in [5.74, 6) is 0.775. The first kappa shape index (κ1) is 11.9. The van der Waals surface area contributed by atoms with Crippen molar-refractivity contribution in [2.75, 3.05) is 40.8 Å². The maximum absolute atomic E-state index is 2.41. The molecule has 0 bridgehead atoms. The van der Waals surface area contributed by atoms with E-state index >= 15 is 0 Å². The minimum absolute atomic E-state index is 0.775. The maximum Gasteiger partial charge on any atom is 0.00162 e. The average Bonchev–Trinajstić information content (AvgIpc) is 1.84. The smallest absolute Gasteiger partial charge is 0.00162 e. The zero-order valence-electron chi connectivity index (χ0n) is 9.30. The topological polar surface area (TPSA) is 6.48 Å². The summed E-state index contributed by atoms with van der Waals surface area (Å²) in [4.78, 5) is 4.67. The second kappa shape index (κ2) is 6.44. The van der Waals surface area contributed by atoms with Gasteiger partial charge in [-0.05, 0) is 40.0 Å². The highest BCUT2D eigenvalue weighted by atomic mass is 15.1. The van der Waals surface area contributed by atoms with Crippen LogP contribution in [0.4, 0.5) is 0 Å². The van der Waals surface area contributed by atoms with Gasteiger partial charge in [0, 0.05) is 13.1 Å². The Morgan fingerprint density at radius 1 is 1.08 bits per heavy atom. The lowest BCUT2D eigenvalue weighted by molar-refractivity contribution is 0.245. The highest BCUT2D eigenvalue weighted by Gasteiger charge is 2.05. The van der Waals surface area contributed by atoms with Crippen LogP contribution in [0.3, 0.4) is 0 Å². The first-order valence-corrected chi connectivity index (χ1v) is 4.89. The van der Waals surface area contributed by atoms with E-state index in [2.05, 4.69) is 44.8 Å². The minimum atomic E-state index is 0.775. The lowest BCUT2D eigenvalue weighted by Crippen LogP contribution is -2.30. The van der Waals surface area contributed by atoms with E-state index in [-0.39, 0.29) is 0 Å². The number of hydrogen-bond acceptors (Lipinski definition) is 2. The Bertz CT molecular complexity index is 102. The zero-order chi connectivity index (χ0) is 9.56. The molecule has 0 fully saturated rings. The van der Waals surface area contributed by atoms with E-state index in [1.165, 1.54) is 26.1 Å². The summed E-state index contributed by atoms with van der Waals surface area (Å²) in [5, 5.41) is 0. The molecular weight excluding hydrogens is 148 g/mol. The molecule has 0 saturated heterocycles. The van der Waals surface area contributed by atoms with E-state index in [0.29, 0.717) is 0 Å². The number of rotatable bonds is 6. The molecule has 2 heteroatoms. The van der Waals surface area contributed by atoms with Gasteiger partial charge >= 0.3 is 0 Å². The molecule has 0 aliphatic heterocycles. The Hall–Kier alpha value is -0.0800. The van der Waals surface area contributed by atoms with E-state index in [0.717, 1.165) is 5.92 Å². The molecule has 0 aromatic carbocycles. The van der Waals surface area contributed by atoms with Crippen molar-refractivity contribution in [3.8, 4) is 0 Å². The van der Waals surface area contributed by atoms with E-state index < -0.39 is 0 Å². The fourth-order valence-corrected chi connectivity index (χ4v) is 1.69. The van der Waals surface area contributed by atoms with Crippen LogP contribution >= 0.6 is 0 Å². The van der Waals surface area contributed by atoms with Gasteiger partial charge in [0.05, 0.1) is 0 Å². The molecule has 0 aliphatic rings. The summed E-state index contributed by atoms with van der Waals surface area (Å²) in [6.45, 7) is 8.16. The lowest BCUT2D eigenvalue weighted by Gasteiger charge is -2.22. The molecule has 0 N–H and O–H groups in total. The highest BCUT2D eigenvalue weighted by Crippen LogP contribution is 1.99. The lowest BCUT2D eigenvalue weighted by atomic mass is 10.1. The summed E-state index contributed by atoms with van der Waals surface area (Å²) < 4.78 is 0. The van der Waals surface area contributed by atoms with Crippen LogP contribution in [0, 0.1) is 5.92 Å². The van der Waals surface area contributed by atoms with Crippen molar-refractivity contribution in [3.05, 3.63) is 0 Å². The Morgan fingerprint density at radius 3 is 2.08 bits per heavy atom. The van der Waals surface area contributed by atoms with Crippen LogP contribution in [0.25, 0.3) is 0 Å². The second-order valence-corrected chi connectivity index (χ2v) is 4.13. The molecule has 0 heterocycles. The monoisotopic (exact) mass is 172 g/mol. The van der Waals surface area contributed by atoms with Gasteiger partial charge < -0.3 is 9.80 Å². The Balaban J connectivity index is 3.46. The largest absolute Gasteiger partial charge is 0.309 e. The molecule has 0 aromatic heterocycles. The maximum atomic E-state index is 2.41. The van der Waals surface area contributed by atoms with Crippen LogP contribution < -0.4 is 0 Å². The SMILES string of the molecule is CCCN(C)CC(C)CN(C)C. The molecule has 0 radical (unpaired) electrons. The summed E-state index contributed by atoms with van der Waals surface area (Å²) in [6, 6.07) is 0. The van der Waals surface area contributed by atoms with Crippen molar-refractivity contribution in [2.45, 2.75) is 20.3 Å². The van der Waals surface area contributed by atoms with Crippen molar-refractivity contribution < 1.29 is 0 Å². The van der Waals surface area contributed by atoms with Gasteiger partial charge in [-0.15, -0.1) is 0 Å². The Kier molecular flexibility index (Phi) is 6.39. The predicted octanol–water partition coefficient (Wildman–Crippen LogP) is 1.53. The van der Waals surface area contributed by atoms with Crippen LogP contribution in [0.2, 0.25) is 0 Å². The van der Waals surface area contributed by atoms with Crippen molar-refractivity contribution >= 4 is 0 Å². The molecule has 2 nitrogen and oxygen atoms in total. The summed E-state index contributed by atoms with van der Waals surface area (Å²) in [7, 11) is 6.47. The number of hydrogen-bond donors (Lipinski definition) is 0. The average molecular weight is 172 g/mol. The fourth-order valence-electron chi connectivity index (χ4n) is 1.69. The second-order valence-electron chi connectivity index (χ2n) is 4.13. The van der Waals surface area contributed by atoms with Crippen molar-refractivity contribution in [3.63, 3.8) is 0 Å². The molecule has 12 heavy (non-hydrogen) atoms. The zero-order valence-corrected chi connectivity index (χ0v) is 9.30. The Morgan fingerprint density at radius 2 is 1.67 bits per heavy atom. The molecule has 0 spiro atoms. The number of nitrogens with zero attached hydrogens (tertiary/aromatic N) is 2. The fraction of sp³-hybridized carbons (Fsp3) is 1.00. The molecule has 0 saturated carbocycles. The van der Waals surface area contributed by atoms with Gasteiger partial charge in [0.15, 0.2) is 0 Å². The molecule has 1 unspecified atom stereocenters. The van der Waals surface area contributed by atoms with Gasteiger partial charge in [-0.1, -0.05) is 13.8 Å². The van der Waals surface area contributed by atoms with E-state index in [1.807, 2.05) is 0 Å². The van der Waals surface area contributed by atoms with Gasteiger partial charge in [0.2, 0.25) is 0 Å². The standard InChI is InChI=1S/C10H24N2/c1-6-7-12(5)9-10(2)8-11(3)4/h10H,6-9H2,1-5H3. The quantitative estimate of drug-likeness (QED) is 0.599. The van der Waals surface area contributed by atoms with Crippen LogP contribution in [0.5, 0.6) is 0 Å². The Labute approximate surface area is 77.5 Å². The molecule has 0 amide bonds. The van der Waals surface area contributed by atoms with Crippen LogP contribution in [0.1, 0.15) is 20.3 Å². The van der Waals surface area contributed by atoms with Crippen LogP contribution in [-0.4, -0.2) is 50.6 Å². The molecule has 0 aromatic rings. The van der Waals surface area contributed by atoms with Gasteiger partial charge in [-0.25, -0.2) is 0 Å². The summed E-state index contributed by atoms with van der Waals surface area (Å²) in [5.41, 5.74) is 0. The van der Waals surface area contributed by atoms with Gasteiger partial charge in [-0.3, -0.25) is 0 Å². The normalized spacial score (nSPS) is 14.2. The van der Waals surface area contributed by atoms with Crippen LogP contribution in [-0.2, 0) is 0 Å².